The molecule has 2 aliphatic heterocycles. The summed E-state index contributed by atoms with van der Waals surface area (Å²) in [7, 11) is 0. The van der Waals surface area contributed by atoms with Gasteiger partial charge in [0.05, 0.1) is 25.3 Å². The zero-order valence-corrected chi connectivity index (χ0v) is 16.0. The maximum atomic E-state index is 12.5. The van der Waals surface area contributed by atoms with Crippen molar-refractivity contribution in [1.82, 2.24) is 4.90 Å². The fourth-order valence-corrected chi connectivity index (χ4v) is 3.60. The molecule has 0 radical (unpaired) electrons. The van der Waals surface area contributed by atoms with Gasteiger partial charge in [0.15, 0.2) is 0 Å². The minimum atomic E-state index is -0.450. The molecule has 2 unspecified atom stereocenters. The second-order valence-electron chi connectivity index (χ2n) is 8.19. The van der Waals surface area contributed by atoms with Gasteiger partial charge in [-0.25, -0.2) is 4.79 Å². The van der Waals surface area contributed by atoms with Gasteiger partial charge in [0.2, 0.25) is 0 Å². The molecule has 1 saturated heterocycles. The third-order valence-electron chi connectivity index (χ3n) is 4.73. The molecule has 2 heterocycles. The van der Waals surface area contributed by atoms with Crippen LogP contribution in [0.5, 0.6) is 0 Å². The van der Waals surface area contributed by atoms with E-state index >= 15 is 0 Å². The predicted molar refractivity (Wildman–Crippen MR) is 97.2 cm³/mol. The largest absolute Gasteiger partial charge is 0.444 e. The van der Waals surface area contributed by atoms with Crippen molar-refractivity contribution in [1.29, 1.82) is 0 Å². The molecule has 2 bridgehead atoms. The van der Waals surface area contributed by atoms with Gasteiger partial charge in [0.25, 0.3) is 0 Å². The molecule has 0 aliphatic carbocycles. The number of hydrogen-bond acceptors (Lipinski definition) is 3. The molecule has 138 valence electrons. The number of ether oxygens (including phenoxy) is 2. The third-order valence-corrected chi connectivity index (χ3v) is 4.73. The number of fused-ring (bicyclic) bond motifs is 2. The molecular formula is C20H35NO3. The van der Waals surface area contributed by atoms with E-state index in [0.29, 0.717) is 13.2 Å². The molecule has 0 aromatic heterocycles. The molecule has 0 saturated carbocycles. The van der Waals surface area contributed by atoms with Crippen molar-refractivity contribution in [2.75, 3.05) is 13.2 Å². The van der Waals surface area contributed by atoms with Gasteiger partial charge in [0.1, 0.15) is 5.60 Å². The van der Waals surface area contributed by atoms with Gasteiger partial charge in [-0.1, -0.05) is 50.7 Å². The van der Waals surface area contributed by atoms with Crippen LogP contribution in [0.1, 0.15) is 79.1 Å². The highest BCUT2D eigenvalue weighted by molar-refractivity contribution is 5.70. The van der Waals surface area contributed by atoms with Crippen molar-refractivity contribution >= 4 is 6.09 Å². The molecule has 0 aromatic carbocycles. The Morgan fingerprint density at radius 2 is 1.92 bits per heavy atom. The Morgan fingerprint density at radius 1 is 1.21 bits per heavy atom. The number of carbonyl (C=O) groups is 1. The number of hydrogen-bond donors (Lipinski definition) is 0. The maximum Gasteiger partial charge on any atom is 0.411 e. The summed E-state index contributed by atoms with van der Waals surface area (Å²) in [5.74, 6) is 0. The summed E-state index contributed by atoms with van der Waals surface area (Å²) in [6.45, 7) is 9.23. The summed E-state index contributed by atoms with van der Waals surface area (Å²) < 4.78 is 11.3. The summed E-state index contributed by atoms with van der Waals surface area (Å²) in [5.41, 5.74) is 1.05. The standard InChI is InChI=1S/C20H35NO3/c1-5-6-7-8-9-10-11-16-12-17-14-23-15-18(13-16)21(17)19(22)24-20(2,3)4/h12,17-18H,5-11,13-15H2,1-4H3. The minimum absolute atomic E-state index is 0.0439. The Labute approximate surface area is 147 Å². The highest BCUT2D eigenvalue weighted by Gasteiger charge is 2.39. The van der Waals surface area contributed by atoms with Gasteiger partial charge in [-0.15, -0.1) is 0 Å². The highest BCUT2D eigenvalue weighted by Crippen LogP contribution is 2.31. The van der Waals surface area contributed by atoms with E-state index in [1.54, 1.807) is 0 Å². The lowest BCUT2D eigenvalue weighted by Gasteiger charge is -2.44. The number of nitrogens with zero attached hydrogens (tertiary/aromatic N) is 1. The molecule has 2 rings (SSSR count). The Bertz CT molecular complexity index is 439. The van der Waals surface area contributed by atoms with Crippen molar-refractivity contribution in [2.24, 2.45) is 0 Å². The van der Waals surface area contributed by atoms with Crippen molar-refractivity contribution in [3.8, 4) is 0 Å². The maximum absolute atomic E-state index is 12.5. The third kappa shape index (κ3) is 5.80. The lowest BCUT2D eigenvalue weighted by atomic mass is 9.91. The molecule has 0 aromatic rings. The van der Waals surface area contributed by atoms with E-state index in [9.17, 15) is 4.79 Å². The van der Waals surface area contributed by atoms with E-state index in [0.717, 1.165) is 6.42 Å². The van der Waals surface area contributed by atoms with Crippen molar-refractivity contribution in [3.05, 3.63) is 11.6 Å². The van der Waals surface area contributed by atoms with Gasteiger partial charge in [-0.05, 0) is 40.0 Å². The summed E-state index contributed by atoms with van der Waals surface area (Å²) >= 11 is 0. The van der Waals surface area contributed by atoms with E-state index in [4.69, 9.17) is 9.47 Å². The van der Waals surface area contributed by atoms with Gasteiger partial charge in [-0.2, -0.15) is 0 Å². The second kappa shape index (κ2) is 8.89. The van der Waals surface area contributed by atoms with Gasteiger partial charge in [0, 0.05) is 0 Å². The van der Waals surface area contributed by atoms with Crippen LogP contribution in [-0.2, 0) is 9.47 Å². The monoisotopic (exact) mass is 337 g/mol. The van der Waals surface area contributed by atoms with E-state index in [1.165, 1.54) is 50.5 Å². The van der Waals surface area contributed by atoms with Crippen LogP contribution in [0.25, 0.3) is 0 Å². The first kappa shape index (κ1) is 19.3. The first-order chi connectivity index (χ1) is 11.4. The fraction of sp³-hybridized carbons (Fsp3) is 0.850. The van der Waals surface area contributed by atoms with Crippen molar-refractivity contribution in [3.63, 3.8) is 0 Å². The van der Waals surface area contributed by atoms with E-state index < -0.39 is 5.60 Å². The summed E-state index contributed by atoms with van der Waals surface area (Å²) in [6.07, 6.45) is 12.1. The molecule has 4 heteroatoms. The highest BCUT2D eigenvalue weighted by atomic mass is 16.6. The molecule has 1 fully saturated rings. The lowest BCUT2D eigenvalue weighted by molar-refractivity contribution is -0.0538. The SMILES string of the molecule is CCCCCCCCC1=CC2COCC(C1)N2C(=O)OC(C)(C)C. The van der Waals surface area contributed by atoms with E-state index in [-0.39, 0.29) is 18.2 Å². The fourth-order valence-electron chi connectivity index (χ4n) is 3.60. The quantitative estimate of drug-likeness (QED) is 0.481. The van der Waals surface area contributed by atoms with Gasteiger partial charge < -0.3 is 9.47 Å². The average Bonchev–Trinajstić information content (AvgIpc) is 2.48. The number of rotatable bonds is 7. The normalized spacial score (nSPS) is 23.8. The zero-order valence-electron chi connectivity index (χ0n) is 16.0. The Kier molecular flexibility index (Phi) is 7.15. The molecule has 0 spiro atoms. The molecule has 0 N–H and O–H groups in total. The van der Waals surface area contributed by atoms with Gasteiger partial charge in [-0.3, -0.25) is 4.90 Å². The number of unbranched alkanes of at least 4 members (excludes halogenated alkanes) is 5. The Morgan fingerprint density at radius 3 is 2.58 bits per heavy atom. The smallest absolute Gasteiger partial charge is 0.411 e. The number of amides is 1. The first-order valence-corrected chi connectivity index (χ1v) is 9.69. The topological polar surface area (TPSA) is 38.8 Å². The van der Waals surface area contributed by atoms with Crippen LogP contribution in [-0.4, -0.2) is 41.9 Å². The van der Waals surface area contributed by atoms with Crippen LogP contribution < -0.4 is 0 Å². The summed E-state index contributed by atoms with van der Waals surface area (Å²) in [6, 6.07) is 0.182. The van der Waals surface area contributed by atoms with Crippen LogP contribution in [0, 0.1) is 0 Å². The average molecular weight is 338 g/mol. The Hall–Kier alpha value is -1.03. The van der Waals surface area contributed by atoms with Crippen LogP contribution >= 0.6 is 0 Å². The van der Waals surface area contributed by atoms with Crippen molar-refractivity contribution < 1.29 is 14.3 Å². The van der Waals surface area contributed by atoms with Crippen LogP contribution in [0.15, 0.2) is 11.6 Å². The first-order valence-electron chi connectivity index (χ1n) is 9.69. The summed E-state index contributed by atoms with van der Waals surface area (Å²) in [4.78, 5) is 14.4. The molecule has 4 nitrogen and oxygen atoms in total. The summed E-state index contributed by atoms with van der Waals surface area (Å²) in [5, 5.41) is 0. The van der Waals surface area contributed by atoms with Crippen molar-refractivity contribution in [2.45, 2.75) is 96.7 Å². The molecule has 1 amide bonds. The number of morpholine rings is 1. The number of carbonyl (C=O) groups excluding carboxylic acids is 1. The second-order valence-corrected chi connectivity index (χ2v) is 8.19. The molecule has 2 atom stereocenters. The minimum Gasteiger partial charge on any atom is -0.444 e. The predicted octanol–water partition coefficient (Wildman–Crippen LogP) is 5.07. The van der Waals surface area contributed by atoms with Gasteiger partial charge >= 0.3 is 6.09 Å². The Balaban J connectivity index is 1.86. The lowest BCUT2D eigenvalue weighted by Crippen LogP contribution is -2.57. The zero-order chi connectivity index (χ0) is 17.6. The van der Waals surface area contributed by atoms with E-state index in [1.807, 2.05) is 25.7 Å². The van der Waals surface area contributed by atoms with Crippen LogP contribution in [0.3, 0.4) is 0 Å². The van der Waals surface area contributed by atoms with E-state index in [2.05, 4.69) is 13.0 Å². The molecule has 24 heavy (non-hydrogen) atoms. The molecule has 2 aliphatic rings. The molecular weight excluding hydrogens is 302 g/mol. The van der Waals surface area contributed by atoms with Crippen LogP contribution in [0.2, 0.25) is 0 Å². The van der Waals surface area contributed by atoms with Crippen LogP contribution in [0.4, 0.5) is 4.79 Å².